The Balaban J connectivity index is 2.59. The van der Waals surface area contributed by atoms with Gasteiger partial charge in [0.2, 0.25) is 0 Å². The molecule has 0 aliphatic rings. The molecule has 2 aromatic carbocycles. The highest BCUT2D eigenvalue weighted by atomic mass is 32.2. The van der Waals surface area contributed by atoms with Gasteiger partial charge >= 0.3 is 5.97 Å². The molecule has 2 rings (SSSR count). The van der Waals surface area contributed by atoms with E-state index in [2.05, 4.69) is 11.8 Å². The number of nitrogens with zero attached hydrogens (tertiary/aromatic N) is 1. The Morgan fingerprint density at radius 2 is 1.71 bits per heavy atom. The van der Waals surface area contributed by atoms with Gasteiger partial charge in [-0.05, 0) is 45.8 Å². The van der Waals surface area contributed by atoms with E-state index in [9.17, 15) is 14.8 Å². The number of rotatable bonds is 7. The average Bonchev–Trinajstić information content (AvgIpc) is 2.62. The maximum atomic E-state index is 11.2. The number of carboxylic acids is 1. The van der Waals surface area contributed by atoms with Gasteiger partial charge in [-0.3, -0.25) is 4.79 Å². The molecule has 1 N–H and O–H groups in total. The Morgan fingerprint density at radius 1 is 1.08 bits per heavy atom. The van der Waals surface area contributed by atoms with Gasteiger partial charge in [0.15, 0.2) is 0 Å². The zero-order valence-electron chi connectivity index (χ0n) is 13.2. The summed E-state index contributed by atoms with van der Waals surface area (Å²) < 4.78 is 0. The normalized spacial score (nSPS) is 11.5. The van der Waals surface area contributed by atoms with Crippen LogP contribution in [0.15, 0.2) is 71.3 Å². The minimum absolute atomic E-state index is 0.0873. The summed E-state index contributed by atoms with van der Waals surface area (Å²) in [4.78, 5) is 22.6. The fraction of sp³-hybridized carbons (Fsp3) is 0.105. The van der Waals surface area contributed by atoms with Crippen molar-refractivity contribution in [1.82, 2.24) is 0 Å². The number of thioether (sulfide) groups is 1. The van der Waals surface area contributed by atoms with E-state index in [1.807, 2.05) is 36.6 Å². The van der Waals surface area contributed by atoms with Gasteiger partial charge in [0.05, 0.1) is 6.42 Å². The summed E-state index contributed by atoms with van der Waals surface area (Å²) in [5.74, 6) is -0.899. The third-order valence-corrected chi connectivity index (χ3v) is 4.36. The van der Waals surface area contributed by atoms with E-state index in [1.165, 1.54) is 11.8 Å². The fourth-order valence-corrected chi connectivity index (χ4v) is 3.09. The lowest BCUT2D eigenvalue weighted by Gasteiger charge is -2.16. The Labute approximate surface area is 144 Å². The molecule has 0 amide bonds. The average molecular weight is 339 g/mol. The largest absolute Gasteiger partial charge is 0.481 e. The van der Waals surface area contributed by atoms with Crippen LogP contribution in [0.25, 0.3) is 11.1 Å². The van der Waals surface area contributed by atoms with Crippen molar-refractivity contribution in [1.29, 1.82) is 0 Å². The zero-order valence-corrected chi connectivity index (χ0v) is 14.0. The predicted molar refractivity (Wildman–Crippen MR) is 100 cm³/mol. The highest BCUT2D eigenvalue weighted by Crippen LogP contribution is 2.38. The van der Waals surface area contributed by atoms with Crippen molar-refractivity contribution in [3.05, 3.63) is 82.1 Å². The number of benzene rings is 2. The summed E-state index contributed by atoms with van der Waals surface area (Å²) in [5.41, 5.74) is 3.57. The van der Waals surface area contributed by atoms with Crippen LogP contribution >= 0.6 is 11.8 Å². The van der Waals surface area contributed by atoms with Crippen molar-refractivity contribution < 1.29 is 9.90 Å². The number of aliphatic carboxylic acids is 1. The Kier molecular flexibility index (Phi) is 6.09. The SMILES string of the molecule is C=C(/C(=C(/CC(=O)O)SC)c1ccc(N=O)cc1)c1ccccc1. The lowest BCUT2D eigenvalue weighted by molar-refractivity contribution is -0.136. The molecule has 0 unspecified atom stereocenters. The summed E-state index contributed by atoms with van der Waals surface area (Å²) in [6.45, 7) is 4.17. The maximum absolute atomic E-state index is 11.2. The van der Waals surface area contributed by atoms with E-state index < -0.39 is 5.97 Å². The van der Waals surface area contributed by atoms with E-state index in [1.54, 1.807) is 24.3 Å². The first kappa shape index (κ1) is 17.7. The van der Waals surface area contributed by atoms with Crippen molar-refractivity contribution in [2.24, 2.45) is 5.18 Å². The smallest absolute Gasteiger partial charge is 0.308 e. The highest BCUT2D eigenvalue weighted by molar-refractivity contribution is 8.02. The number of carbonyl (C=O) groups is 1. The van der Waals surface area contributed by atoms with Crippen LogP contribution in [0.2, 0.25) is 0 Å². The van der Waals surface area contributed by atoms with Crippen LogP contribution in [0.1, 0.15) is 17.5 Å². The Hall–Kier alpha value is -2.66. The minimum atomic E-state index is -0.899. The van der Waals surface area contributed by atoms with E-state index >= 15 is 0 Å². The van der Waals surface area contributed by atoms with Gasteiger partial charge in [0.25, 0.3) is 0 Å². The molecule has 0 aromatic heterocycles. The van der Waals surface area contributed by atoms with E-state index in [0.717, 1.165) is 22.3 Å². The maximum Gasteiger partial charge on any atom is 0.308 e. The number of hydrogen-bond acceptors (Lipinski definition) is 4. The quantitative estimate of drug-likeness (QED) is 0.545. The van der Waals surface area contributed by atoms with Crippen LogP contribution in [0.4, 0.5) is 5.69 Å². The lowest BCUT2D eigenvalue weighted by Crippen LogP contribution is -2.00. The van der Waals surface area contributed by atoms with Gasteiger partial charge in [0.1, 0.15) is 5.69 Å². The molecule has 0 aliphatic heterocycles. The molecule has 0 saturated heterocycles. The molecule has 0 spiro atoms. The summed E-state index contributed by atoms with van der Waals surface area (Å²) in [7, 11) is 0. The predicted octanol–water partition coefficient (Wildman–Crippen LogP) is 5.35. The van der Waals surface area contributed by atoms with E-state index in [-0.39, 0.29) is 6.42 Å². The van der Waals surface area contributed by atoms with Crippen LogP contribution in [-0.4, -0.2) is 17.3 Å². The molecule has 0 fully saturated rings. The summed E-state index contributed by atoms with van der Waals surface area (Å²) in [5, 5.41) is 12.1. The molecule has 0 heterocycles. The van der Waals surface area contributed by atoms with Crippen molar-refractivity contribution in [2.75, 3.05) is 6.26 Å². The highest BCUT2D eigenvalue weighted by Gasteiger charge is 2.16. The summed E-state index contributed by atoms with van der Waals surface area (Å²) in [6.07, 6.45) is 1.76. The molecule has 4 nitrogen and oxygen atoms in total. The molecule has 5 heteroatoms. The topological polar surface area (TPSA) is 66.7 Å². The zero-order chi connectivity index (χ0) is 17.5. The number of hydrogen-bond donors (Lipinski definition) is 1. The molecule has 2 aromatic rings. The van der Waals surface area contributed by atoms with Crippen molar-refractivity contribution in [3.8, 4) is 0 Å². The number of allylic oxidation sites excluding steroid dienone is 2. The van der Waals surface area contributed by atoms with Gasteiger partial charge in [-0.25, -0.2) is 0 Å². The third kappa shape index (κ3) is 4.20. The van der Waals surface area contributed by atoms with Crippen LogP contribution in [0.5, 0.6) is 0 Å². The van der Waals surface area contributed by atoms with Gasteiger partial charge in [-0.1, -0.05) is 49.0 Å². The van der Waals surface area contributed by atoms with Crippen LogP contribution in [0, 0.1) is 4.91 Å². The minimum Gasteiger partial charge on any atom is -0.481 e. The molecular formula is C19H17NO3S. The second kappa shape index (κ2) is 8.26. The Morgan fingerprint density at radius 3 is 2.21 bits per heavy atom. The Bertz CT molecular complexity index is 780. The van der Waals surface area contributed by atoms with Gasteiger partial charge in [-0.2, -0.15) is 0 Å². The van der Waals surface area contributed by atoms with Crippen LogP contribution in [0.3, 0.4) is 0 Å². The molecule has 0 saturated carbocycles. The van der Waals surface area contributed by atoms with Crippen molar-refractivity contribution >= 4 is 34.6 Å². The van der Waals surface area contributed by atoms with Gasteiger partial charge < -0.3 is 5.11 Å². The number of nitroso groups, excluding NO2 is 1. The molecule has 0 atom stereocenters. The second-order valence-electron chi connectivity index (χ2n) is 5.06. The van der Waals surface area contributed by atoms with Crippen molar-refractivity contribution in [3.63, 3.8) is 0 Å². The molecule has 122 valence electrons. The molecular weight excluding hydrogens is 322 g/mol. The summed E-state index contributed by atoms with van der Waals surface area (Å²) in [6, 6.07) is 16.3. The first-order valence-corrected chi connectivity index (χ1v) is 8.46. The number of carboxylic acid groups (broad SMARTS) is 1. The molecule has 24 heavy (non-hydrogen) atoms. The first-order valence-electron chi connectivity index (χ1n) is 7.24. The standard InChI is InChI=1S/C19H17NO3S/c1-13(14-6-4-3-5-7-14)19(17(24-2)12-18(21)22)15-8-10-16(20-23)11-9-15/h3-11H,1,12H2,2H3,(H,21,22)/b19-17+. The molecule has 0 bridgehead atoms. The molecule has 0 aliphatic carbocycles. The van der Waals surface area contributed by atoms with E-state index in [0.29, 0.717) is 10.6 Å². The monoisotopic (exact) mass is 339 g/mol. The first-order chi connectivity index (χ1) is 11.6. The van der Waals surface area contributed by atoms with E-state index in [4.69, 9.17) is 0 Å². The van der Waals surface area contributed by atoms with Gasteiger partial charge in [0, 0.05) is 4.91 Å². The molecule has 0 radical (unpaired) electrons. The lowest BCUT2D eigenvalue weighted by atomic mass is 9.92. The fourth-order valence-electron chi connectivity index (χ4n) is 2.38. The second-order valence-corrected chi connectivity index (χ2v) is 5.96. The van der Waals surface area contributed by atoms with Crippen molar-refractivity contribution in [2.45, 2.75) is 6.42 Å². The van der Waals surface area contributed by atoms with Crippen LogP contribution < -0.4 is 0 Å². The summed E-state index contributed by atoms with van der Waals surface area (Å²) >= 11 is 1.39. The third-order valence-electron chi connectivity index (χ3n) is 3.52. The van der Waals surface area contributed by atoms with Gasteiger partial charge in [-0.15, -0.1) is 16.7 Å². The van der Waals surface area contributed by atoms with Crippen LogP contribution in [-0.2, 0) is 4.79 Å².